The van der Waals surface area contributed by atoms with Crippen molar-refractivity contribution in [3.05, 3.63) is 47.7 Å². The molecule has 1 aromatic carbocycles. The molecule has 1 atom stereocenters. The summed E-state index contributed by atoms with van der Waals surface area (Å²) in [5, 5.41) is 3.23. The van der Waals surface area contributed by atoms with Crippen LogP contribution in [0, 0.1) is 5.82 Å². The second-order valence-electron chi connectivity index (χ2n) is 4.28. The molecule has 2 aromatic rings. The second kappa shape index (κ2) is 6.43. The van der Waals surface area contributed by atoms with Crippen molar-refractivity contribution in [3.63, 3.8) is 0 Å². The Morgan fingerprint density at radius 1 is 1.25 bits per heavy atom. The molecule has 0 aliphatic carbocycles. The molecule has 1 aromatic heterocycles. The molecule has 1 N–H and O–H groups in total. The van der Waals surface area contributed by atoms with Crippen LogP contribution in [0.4, 0.5) is 4.39 Å². The number of benzene rings is 1. The zero-order chi connectivity index (χ0) is 14.5. The Labute approximate surface area is 117 Å². The van der Waals surface area contributed by atoms with E-state index in [2.05, 4.69) is 5.32 Å². The van der Waals surface area contributed by atoms with Gasteiger partial charge in [-0.15, -0.1) is 0 Å². The van der Waals surface area contributed by atoms with Crippen LogP contribution in [0.5, 0.6) is 11.5 Å². The van der Waals surface area contributed by atoms with E-state index in [4.69, 9.17) is 13.9 Å². The van der Waals surface area contributed by atoms with Gasteiger partial charge < -0.3 is 19.2 Å². The van der Waals surface area contributed by atoms with Crippen LogP contribution in [0.3, 0.4) is 0 Å². The molecule has 2 rings (SSSR count). The molecule has 108 valence electrons. The predicted molar refractivity (Wildman–Crippen MR) is 73.7 cm³/mol. The van der Waals surface area contributed by atoms with Gasteiger partial charge in [-0.2, -0.15) is 0 Å². The summed E-state index contributed by atoms with van der Waals surface area (Å²) >= 11 is 0. The maximum atomic E-state index is 14.3. The van der Waals surface area contributed by atoms with Gasteiger partial charge in [0, 0.05) is 17.2 Å². The number of hydrogen-bond acceptors (Lipinski definition) is 4. The number of methoxy groups -OCH3 is 2. The average molecular weight is 279 g/mol. The van der Waals surface area contributed by atoms with E-state index in [1.807, 2.05) is 13.0 Å². The lowest BCUT2D eigenvalue weighted by molar-refractivity contribution is 0.350. The van der Waals surface area contributed by atoms with Crippen LogP contribution < -0.4 is 14.8 Å². The molecule has 0 bridgehead atoms. The van der Waals surface area contributed by atoms with Crippen molar-refractivity contribution in [1.82, 2.24) is 5.32 Å². The SMILES string of the molecule is CCNC(c1ccoc1)c1cc(OC)c(OC)cc1F. The highest BCUT2D eigenvalue weighted by molar-refractivity contribution is 5.46. The summed E-state index contributed by atoms with van der Waals surface area (Å²) in [6.07, 6.45) is 3.17. The molecule has 0 radical (unpaired) electrons. The van der Waals surface area contributed by atoms with Crippen LogP contribution >= 0.6 is 0 Å². The van der Waals surface area contributed by atoms with Crippen molar-refractivity contribution in [2.24, 2.45) is 0 Å². The summed E-state index contributed by atoms with van der Waals surface area (Å²) in [6, 6.07) is 4.50. The summed E-state index contributed by atoms with van der Waals surface area (Å²) in [5.74, 6) is 0.515. The fraction of sp³-hybridized carbons (Fsp3) is 0.333. The number of furan rings is 1. The van der Waals surface area contributed by atoms with E-state index in [0.29, 0.717) is 23.6 Å². The zero-order valence-corrected chi connectivity index (χ0v) is 11.8. The lowest BCUT2D eigenvalue weighted by atomic mass is 10.00. The van der Waals surface area contributed by atoms with Crippen molar-refractivity contribution in [3.8, 4) is 11.5 Å². The standard InChI is InChI=1S/C15H18FNO3/c1-4-17-15(10-5-6-20-9-10)11-7-13(18-2)14(19-3)8-12(11)16/h5-9,15,17H,4H2,1-3H3. The number of ether oxygens (including phenoxy) is 2. The topological polar surface area (TPSA) is 43.6 Å². The van der Waals surface area contributed by atoms with Crippen LogP contribution in [0.25, 0.3) is 0 Å². The maximum absolute atomic E-state index is 14.3. The van der Waals surface area contributed by atoms with Gasteiger partial charge >= 0.3 is 0 Å². The van der Waals surface area contributed by atoms with Crippen LogP contribution in [0.1, 0.15) is 24.1 Å². The van der Waals surface area contributed by atoms with Crippen molar-refractivity contribution in [2.75, 3.05) is 20.8 Å². The van der Waals surface area contributed by atoms with Gasteiger partial charge in [-0.1, -0.05) is 6.92 Å². The van der Waals surface area contributed by atoms with Crippen molar-refractivity contribution in [2.45, 2.75) is 13.0 Å². The molecule has 0 aliphatic rings. The molecule has 5 heteroatoms. The smallest absolute Gasteiger partial charge is 0.163 e. The summed E-state index contributed by atoms with van der Waals surface area (Å²) in [6.45, 7) is 2.66. The molecule has 0 aliphatic heterocycles. The highest BCUT2D eigenvalue weighted by Gasteiger charge is 2.21. The monoisotopic (exact) mass is 279 g/mol. The minimum Gasteiger partial charge on any atom is -0.493 e. The van der Waals surface area contributed by atoms with Gasteiger partial charge in [0.15, 0.2) is 11.5 Å². The lowest BCUT2D eigenvalue weighted by Gasteiger charge is -2.19. The molecular weight excluding hydrogens is 261 g/mol. The third-order valence-electron chi connectivity index (χ3n) is 3.10. The number of hydrogen-bond donors (Lipinski definition) is 1. The van der Waals surface area contributed by atoms with Gasteiger partial charge in [-0.25, -0.2) is 4.39 Å². The molecule has 1 heterocycles. The van der Waals surface area contributed by atoms with E-state index in [0.717, 1.165) is 5.56 Å². The molecular formula is C15H18FNO3. The zero-order valence-electron chi connectivity index (χ0n) is 11.8. The van der Waals surface area contributed by atoms with E-state index in [9.17, 15) is 4.39 Å². The minimum atomic E-state index is -0.352. The van der Waals surface area contributed by atoms with E-state index in [1.54, 1.807) is 18.6 Å². The lowest BCUT2D eigenvalue weighted by Crippen LogP contribution is -2.22. The second-order valence-corrected chi connectivity index (χ2v) is 4.28. The van der Waals surface area contributed by atoms with E-state index < -0.39 is 0 Å². The van der Waals surface area contributed by atoms with E-state index >= 15 is 0 Å². The summed E-state index contributed by atoms with van der Waals surface area (Å²) < 4.78 is 29.7. The molecule has 1 unspecified atom stereocenters. The summed E-state index contributed by atoms with van der Waals surface area (Å²) in [4.78, 5) is 0. The first-order chi connectivity index (χ1) is 9.71. The molecule has 0 saturated carbocycles. The van der Waals surface area contributed by atoms with Crippen LogP contribution in [-0.2, 0) is 0 Å². The highest BCUT2D eigenvalue weighted by Crippen LogP contribution is 2.34. The summed E-state index contributed by atoms with van der Waals surface area (Å²) in [5.41, 5.74) is 1.35. The van der Waals surface area contributed by atoms with Crippen LogP contribution in [-0.4, -0.2) is 20.8 Å². The van der Waals surface area contributed by atoms with Gasteiger partial charge in [0.1, 0.15) is 5.82 Å². The molecule has 20 heavy (non-hydrogen) atoms. The average Bonchev–Trinajstić information content (AvgIpc) is 2.98. The molecule has 0 fully saturated rings. The largest absolute Gasteiger partial charge is 0.493 e. The molecule has 4 nitrogen and oxygen atoms in total. The molecule has 0 amide bonds. The van der Waals surface area contributed by atoms with Gasteiger partial charge in [-0.3, -0.25) is 0 Å². The van der Waals surface area contributed by atoms with Crippen molar-refractivity contribution in [1.29, 1.82) is 0 Å². The Balaban J connectivity index is 2.48. The fourth-order valence-corrected chi connectivity index (χ4v) is 2.14. The molecule has 0 saturated heterocycles. The van der Waals surface area contributed by atoms with E-state index in [1.165, 1.54) is 20.3 Å². The fourth-order valence-electron chi connectivity index (χ4n) is 2.14. The number of rotatable bonds is 6. The number of halogens is 1. The third-order valence-corrected chi connectivity index (χ3v) is 3.10. The van der Waals surface area contributed by atoms with Crippen molar-refractivity contribution >= 4 is 0 Å². The first-order valence-corrected chi connectivity index (χ1v) is 6.38. The Hall–Kier alpha value is -2.01. The predicted octanol–water partition coefficient (Wildman–Crippen LogP) is 3.13. The number of nitrogens with one attached hydrogen (secondary N) is 1. The first kappa shape index (κ1) is 14.4. The Morgan fingerprint density at radius 2 is 1.95 bits per heavy atom. The Kier molecular flexibility index (Phi) is 4.63. The van der Waals surface area contributed by atoms with Gasteiger partial charge in [0.25, 0.3) is 0 Å². The maximum Gasteiger partial charge on any atom is 0.163 e. The Bertz CT molecular complexity index is 554. The van der Waals surface area contributed by atoms with Gasteiger partial charge in [0.05, 0.1) is 32.8 Å². The van der Waals surface area contributed by atoms with Crippen molar-refractivity contribution < 1.29 is 18.3 Å². The van der Waals surface area contributed by atoms with Gasteiger partial charge in [-0.05, 0) is 18.7 Å². The normalized spacial score (nSPS) is 12.2. The van der Waals surface area contributed by atoms with Gasteiger partial charge in [0.2, 0.25) is 0 Å². The summed E-state index contributed by atoms with van der Waals surface area (Å²) in [7, 11) is 3.01. The quantitative estimate of drug-likeness (QED) is 0.882. The first-order valence-electron chi connectivity index (χ1n) is 6.38. The minimum absolute atomic E-state index is 0.293. The Morgan fingerprint density at radius 3 is 2.50 bits per heavy atom. The van der Waals surface area contributed by atoms with Crippen LogP contribution in [0.15, 0.2) is 35.1 Å². The molecule has 0 spiro atoms. The highest BCUT2D eigenvalue weighted by atomic mass is 19.1. The van der Waals surface area contributed by atoms with E-state index in [-0.39, 0.29) is 11.9 Å². The third kappa shape index (κ3) is 2.77. The van der Waals surface area contributed by atoms with Crippen LogP contribution in [0.2, 0.25) is 0 Å².